The molecule has 1 aromatic carbocycles. The molecule has 5 nitrogen and oxygen atoms in total. The first kappa shape index (κ1) is 18.0. The van der Waals surface area contributed by atoms with Crippen LogP contribution in [0.4, 0.5) is 0 Å². The molecular formula is C18H20ClN3O2. The van der Waals surface area contributed by atoms with Gasteiger partial charge in [0.2, 0.25) is 5.91 Å². The average Bonchev–Trinajstić information content (AvgIpc) is 3.00. The van der Waals surface area contributed by atoms with Crippen LogP contribution in [0, 0.1) is 11.3 Å². The molecule has 0 fully saturated rings. The lowest BCUT2D eigenvalue weighted by molar-refractivity contribution is -0.121. The topological polar surface area (TPSA) is 78.9 Å². The minimum atomic E-state index is -0.777. The fourth-order valence-corrected chi connectivity index (χ4v) is 2.36. The van der Waals surface area contributed by atoms with Crippen LogP contribution in [0.1, 0.15) is 50.4 Å². The Kier molecular flexibility index (Phi) is 5.63. The Morgan fingerprint density at radius 2 is 2.12 bits per heavy atom. The molecule has 1 heterocycles. The quantitative estimate of drug-likeness (QED) is 0.890. The zero-order valence-corrected chi connectivity index (χ0v) is 14.7. The molecule has 0 bridgehead atoms. The van der Waals surface area contributed by atoms with Crippen LogP contribution in [-0.2, 0) is 16.6 Å². The number of amides is 1. The third kappa shape index (κ3) is 4.59. The molecule has 1 amide bonds. The minimum absolute atomic E-state index is 0.122. The SMILES string of the molecule is CC(C)(C)c1cnc(CCC(=O)NC(C#N)c2ccccc2Cl)o1. The summed E-state index contributed by atoms with van der Waals surface area (Å²) in [7, 11) is 0. The van der Waals surface area contributed by atoms with Gasteiger partial charge in [0.25, 0.3) is 0 Å². The average molecular weight is 346 g/mol. The van der Waals surface area contributed by atoms with Crippen molar-refractivity contribution in [3.63, 3.8) is 0 Å². The molecule has 6 heteroatoms. The lowest BCUT2D eigenvalue weighted by Crippen LogP contribution is -2.28. The number of nitrogens with zero attached hydrogens (tertiary/aromatic N) is 2. The first-order valence-corrected chi connectivity index (χ1v) is 8.07. The first-order valence-electron chi connectivity index (χ1n) is 7.70. The summed E-state index contributed by atoms with van der Waals surface area (Å²) in [5, 5.41) is 12.4. The second-order valence-electron chi connectivity index (χ2n) is 6.52. The summed E-state index contributed by atoms with van der Waals surface area (Å²) in [5.74, 6) is 1.04. The summed E-state index contributed by atoms with van der Waals surface area (Å²) in [6.07, 6.45) is 2.25. The second-order valence-corrected chi connectivity index (χ2v) is 6.93. The molecular weight excluding hydrogens is 326 g/mol. The number of oxazole rings is 1. The largest absolute Gasteiger partial charge is 0.445 e. The predicted octanol–water partition coefficient (Wildman–Crippen LogP) is 3.94. The Morgan fingerprint density at radius 1 is 1.42 bits per heavy atom. The highest BCUT2D eigenvalue weighted by molar-refractivity contribution is 6.31. The molecule has 0 spiro atoms. The highest BCUT2D eigenvalue weighted by atomic mass is 35.5. The summed E-state index contributed by atoms with van der Waals surface area (Å²) < 4.78 is 5.66. The maximum Gasteiger partial charge on any atom is 0.221 e. The number of hydrogen-bond acceptors (Lipinski definition) is 4. The van der Waals surface area contributed by atoms with Gasteiger partial charge in [-0.05, 0) is 6.07 Å². The van der Waals surface area contributed by atoms with E-state index >= 15 is 0 Å². The van der Waals surface area contributed by atoms with Crippen molar-refractivity contribution in [3.8, 4) is 6.07 Å². The van der Waals surface area contributed by atoms with Crippen LogP contribution in [0.3, 0.4) is 0 Å². The van der Waals surface area contributed by atoms with Gasteiger partial charge in [-0.25, -0.2) is 4.98 Å². The zero-order valence-electron chi connectivity index (χ0n) is 14.0. The van der Waals surface area contributed by atoms with Gasteiger partial charge < -0.3 is 9.73 Å². The van der Waals surface area contributed by atoms with E-state index in [9.17, 15) is 10.1 Å². The van der Waals surface area contributed by atoms with E-state index < -0.39 is 6.04 Å². The molecule has 126 valence electrons. The van der Waals surface area contributed by atoms with E-state index in [1.165, 1.54) is 0 Å². The highest BCUT2D eigenvalue weighted by Gasteiger charge is 2.20. The number of halogens is 1. The van der Waals surface area contributed by atoms with Gasteiger partial charge in [0.05, 0.1) is 12.3 Å². The van der Waals surface area contributed by atoms with Crippen LogP contribution in [0.15, 0.2) is 34.9 Å². The van der Waals surface area contributed by atoms with Gasteiger partial charge in [-0.2, -0.15) is 5.26 Å². The van der Waals surface area contributed by atoms with Crippen molar-refractivity contribution in [2.75, 3.05) is 0 Å². The Hall–Kier alpha value is -2.32. The highest BCUT2D eigenvalue weighted by Crippen LogP contribution is 2.24. The van der Waals surface area contributed by atoms with E-state index in [-0.39, 0.29) is 17.7 Å². The Balaban J connectivity index is 1.94. The van der Waals surface area contributed by atoms with Crippen molar-refractivity contribution >= 4 is 17.5 Å². The minimum Gasteiger partial charge on any atom is -0.445 e. The fourth-order valence-electron chi connectivity index (χ4n) is 2.11. The van der Waals surface area contributed by atoms with E-state index in [0.29, 0.717) is 22.9 Å². The van der Waals surface area contributed by atoms with Crippen molar-refractivity contribution in [2.24, 2.45) is 0 Å². The van der Waals surface area contributed by atoms with Gasteiger partial charge in [-0.15, -0.1) is 0 Å². The van der Waals surface area contributed by atoms with E-state index in [1.807, 2.05) is 20.8 Å². The molecule has 1 atom stereocenters. The number of nitriles is 1. The Bertz CT molecular complexity index is 756. The van der Waals surface area contributed by atoms with Gasteiger partial charge in [-0.3, -0.25) is 4.79 Å². The molecule has 1 unspecified atom stereocenters. The van der Waals surface area contributed by atoms with Gasteiger partial charge in [-0.1, -0.05) is 50.6 Å². The maximum atomic E-state index is 12.1. The number of hydrogen-bond donors (Lipinski definition) is 1. The van der Waals surface area contributed by atoms with Gasteiger partial charge in [0, 0.05) is 28.8 Å². The van der Waals surface area contributed by atoms with E-state index in [1.54, 1.807) is 30.5 Å². The number of carbonyl (C=O) groups excluding carboxylic acids is 1. The molecule has 2 aromatic rings. The lowest BCUT2D eigenvalue weighted by atomic mass is 9.94. The molecule has 0 aliphatic carbocycles. The molecule has 0 radical (unpaired) electrons. The molecule has 24 heavy (non-hydrogen) atoms. The number of aryl methyl sites for hydroxylation is 1. The normalized spacial score (nSPS) is 12.5. The molecule has 0 saturated heterocycles. The predicted molar refractivity (Wildman–Crippen MR) is 91.5 cm³/mol. The number of nitrogens with one attached hydrogen (secondary N) is 1. The maximum absolute atomic E-state index is 12.1. The van der Waals surface area contributed by atoms with Crippen LogP contribution in [0.5, 0.6) is 0 Å². The van der Waals surface area contributed by atoms with E-state index in [0.717, 1.165) is 5.76 Å². The molecule has 1 N–H and O–H groups in total. The van der Waals surface area contributed by atoms with Crippen LogP contribution in [0.2, 0.25) is 5.02 Å². The molecule has 1 aromatic heterocycles. The fraction of sp³-hybridized carbons (Fsp3) is 0.389. The van der Waals surface area contributed by atoms with Crippen molar-refractivity contribution < 1.29 is 9.21 Å². The van der Waals surface area contributed by atoms with Gasteiger partial charge in [0.1, 0.15) is 11.8 Å². The third-order valence-electron chi connectivity index (χ3n) is 3.51. The number of carbonyl (C=O) groups is 1. The number of rotatable bonds is 5. The van der Waals surface area contributed by atoms with Crippen molar-refractivity contribution in [1.82, 2.24) is 10.3 Å². The summed E-state index contributed by atoms with van der Waals surface area (Å²) in [6, 6.07) is 8.24. The standard InChI is InChI=1S/C18H20ClN3O2/c1-18(2,3)15-11-21-17(24-15)9-8-16(23)22-14(10-20)12-6-4-5-7-13(12)19/h4-7,11,14H,8-9H2,1-3H3,(H,22,23). The molecule has 0 aliphatic rings. The monoisotopic (exact) mass is 345 g/mol. The van der Waals surface area contributed by atoms with Crippen LogP contribution in [-0.4, -0.2) is 10.9 Å². The van der Waals surface area contributed by atoms with Crippen LogP contribution >= 0.6 is 11.6 Å². The van der Waals surface area contributed by atoms with Crippen molar-refractivity contribution in [3.05, 3.63) is 52.7 Å². The molecule has 0 saturated carbocycles. The van der Waals surface area contributed by atoms with Gasteiger partial charge >= 0.3 is 0 Å². The van der Waals surface area contributed by atoms with Gasteiger partial charge in [0.15, 0.2) is 5.89 Å². The van der Waals surface area contributed by atoms with Crippen molar-refractivity contribution in [2.45, 2.75) is 45.1 Å². The van der Waals surface area contributed by atoms with E-state index in [2.05, 4.69) is 16.4 Å². The smallest absolute Gasteiger partial charge is 0.221 e. The number of benzene rings is 1. The van der Waals surface area contributed by atoms with E-state index in [4.69, 9.17) is 16.0 Å². The number of aromatic nitrogens is 1. The van der Waals surface area contributed by atoms with Crippen LogP contribution < -0.4 is 5.32 Å². The zero-order chi connectivity index (χ0) is 17.7. The Labute approximate surface area is 146 Å². The first-order chi connectivity index (χ1) is 11.3. The lowest BCUT2D eigenvalue weighted by Gasteiger charge is -2.13. The molecule has 2 rings (SSSR count). The summed E-state index contributed by atoms with van der Waals surface area (Å²) in [6.45, 7) is 6.10. The van der Waals surface area contributed by atoms with Crippen LogP contribution in [0.25, 0.3) is 0 Å². The second kappa shape index (κ2) is 7.50. The third-order valence-corrected chi connectivity index (χ3v) is 3.85. The summed E-state index contributed by atoms with van der Waals surface area (Å²) in [4.78, 5) is 16.3. The summed E-state index contributed by atoms with van der Waals surface area (Å²) in [5.41, 5.74) is 0.463. The van der Waals surface area contributed by atoms with Crippen molar-refractivity contribution in [1.29, 1.82) is 5.26 Å². The Morgan fingerprint density at radius 3 is 2.71 bits per heavy atom. The summed E-state index contributed by atoms with van der Waals surface area (Å²) >= 11 is 6.07. The molecule has 0 aliphatic heterocycles.